The first kappa shape index (κ1) is 11.5. The predicted molar refractivity (Wildman–Crippen MR) is 73.9 cm³/mol. The van der Waals surface area contributed by atoms with Gasteiger partial charge in [0.1, 0.15) is 0 Å². The Morgan fingerprint density at radius 3 is 2.84 bits per heavy atom. The van der Waals surface area contributed by atoms with E-state index in [4.69, 9.17) is 5.73 Å². The molecule has 2 N–H and O–H groups in total. The van der Waals surface area contributed by atoms with Gasteiger partial charge >= 0.3 is 0 Å². The van der Waals surface area contributed by atoms with E-state index in [9.17, 15) is 10.1 Å². The van der Waals surface area contributed by atoms with E-state index in [1.165, 1.54) is 17.4 Å². The van der Waals surface area contributed by atoms with Crippen LogP contribution in [0.5, 0.6) is 0 Å². The summed E-state index contributed by atoms with van der Waals surface area (Å²) in [6, 6.07) is 8.42. The molecular formula is C12H8N4O2S. The summed E-state index contributed by atoms with van der Waals surface area (Å²) in [7, 11) is 0. The molecule has 0 bridgehead atoms. The Kier molecular flexibility index (Phi) is 2.60. The van der Waals surface area contributed by atoms with Gasteiger partial charge in [0, 0.05) is 23.0 Å². The lowest BCUT2D eigenvalue weighted by Gasteiger charge is -1.95. The van der Waals surface area contributed by atoms with Gasteiger partial charge in [-0.3, -0.25) is 10.1 Å². The van der Waals surface area contributed by atoms with Crippen molar-refractivity contribution in [2.24, 2.45) is 0 Å². The number of nitro benzene ring substituents is 1. The molecule has 0 fully saturated rings. The number of aromatic nitrogens is 2. The standard InChI is InChI=1S/C12H8N4O2S/c13-12-14-4-3-9(15-12)11-6-7-5-8(16(17)18)1-2-10(7)19-11/h1-6H,(H2,13,14,15). The van der Waals surface area contributed by atoms with E-state index < -0.39 is 4.92 Å². The number of benzene rings is 1. The fourth-order valence-electron chi connectivity index (χ4n) is 1.78. The molecule has 0 saturated heterocycles. The second-order valence-electron chi connectivity index (χ2n) is 3.89. The quantitative estimate of drug-likeness (QED) is 0.571. The fraction of sp³-hybridized carbons (Fsp3) is 0. The van der Waals surface area contributed by atoms with Crippen molar-refractivity contribution in [2.45, 2.75) is 0 Å². The number of thiophene rings is 1. The maximum atomic E-state index is 10.7. The van der Waals surface area contributed by atoms with Gasteiger partial charge in [0.2, 0.25) is 5.95 Å². The van der Waals surface area contributed by atoms with E-state index in [-0.39, 0.29) is 11.6 Å². The van der Waals surface area contributed by atoms with Crippen molar-refractivity contribution in [1.29, 1.82) is 0 Å². The van der Waals surface area contributed by atoms with Crippen LogP contribution in [0.15, 0.2) is 36.5 Å². The fourth-order valence-corrected chi connectivity index (χ4v) is 2.79. The summed E-state index contributed by atoms with van der Waals surface area (Å²) < 4.78 is 0.970. The third-order valence-electron chi connectivity index (χ3n) is 2.64. The van der Waals surface area contributed by atoms with Crippen LogP contribution in [0.1, 0.15) is 0 Å². The van der Waals surface area contributed by atoms with Crippen molar-refractivity contribution < 1.29 is 4.92 Å². The molecule has 6 nitrogen and oxygen atoms in total. The number of nitro groups is 1. The van der Waals surface area contributed by atoms with Crippen LogP contribution in [0, 0.1) is 10.1 Å². The van der Waals surface area contributed by atoms with Gasteiger partial charge in [0.05, 0.1) is 15.5 Å². The Morgan fingerprint density at radius 1 is 1.26 bits per heavy atom. The number of hydrogen-bond acceptors (Lipinski definition) is 6. The van der Waals surface area contributed by atoms with Crippen LogP contribution in [0.25, 0.3) is 20.7 Å². The highest BCUT2D eigenvalue weighted by Gasteiger charge is 2.10. The number of nitrogens with zero attached hydrogens (tertiary/aromatic N) is 3. The second-order valence-corrected chi connectivity index (χ2v) is 4.97. The zero-order chi connectivity index (χ0) is 13.4. The summed E-state index contributed by atoms with van der Waals surface area (Å²) >= 11 is 1.51. The van der Waals surface area contributed by atoms with Crippen LogP contribution < -0.4 is 5.73 Å². The molecule has 0 atom stereocenters. The van der Waals surface area contributed by atoms with Gasteiger partial charge in [0.15, 0.2) is 0 Å². The molecule has 94 valence electrons. The van der Waals surface area contributed by atoms with Gasteiger partial charge < -0.3 is 5.73 Å². The van der Waals surface area contributed by atoms with E-state index in [2.05, 4.69) is 9.97 Å². The topological polar surface area (TPSA) is 94.9 Å². The van der Waals surface area contributed by atoms with Crippen molar-refractivity contribution in [3.63, 3.8) is 0 Å². The Hall–Kier alpha value is -2.54. The van der Waals surface area contributed by atoms with Gasteiger partial charge in [-0.15, -0.1) is 11.3 Å². The first-order chi connectivity index (χ1) is 9.13. The summed E-state index contributed by atoms with van der Waals surface area (Å²) in [5, 5.41) is 11.6. The van der Waals surface area contributed by atoms with Crippen molar-refractivity contribution in [2.75, 3.05) is 5.73 Å². The molecule has 0 aliphatic heterocycles. The molecule has 0 aliphatic carbocycles. The number of hydrogen-bond donors (Lipinski definition) is 1. The number of fused-ring (bicyclic) bond motifs is 1. The Labute approximate surface area is 111 Å². The van der Waals surface area contributed by atoms with Crippen molar-refractivity contribution in [1.82, 2.24) is 9.97 Å². The number of non-ortho nitro benzene ring substituents is 1. The van der Waals surface area contributed by atoms with Gasteiger partial charge in [-0.1, -0.05) is 0 Å². The SMILES string of the molecule is Nc1nccc(-c2cc3cc([N+](=O)[O-])ccc3s2)n1. The summed E-state index contributed by atoms with van der Waals surface area (Å²) in [5.41, 5.74) is 6.35. The molecule has 0 amide bonds. The lowest BCUT2D eigenvalue weighted by atomic mass is 10.2. The van der Waals surface area contributed by atoms with Crippen LogP contribution in [-0.2, 0) is 0 Å². The first-order valence-corrected chi connectivity index (χ1v) is 6.22. The Bertz CT molecular complexity index is 784. The highest BCUT2D eigenvalue weighted by Crippen LogP contribution is 2.34. The zero-order valence-electron chi connectivity index (χ0n) is 9.61. The maximum Gasteiger partial charge on any atom is 0.270 e. The molecular weight excluding hydrogens is 264 g/mol. The van der Waals surface area contributed by atoms with Crippen molar-refractivity contribution in [3.05, 3.63) is 46.6 Å². The monoisotopic (exact) mass is 272 g/mol. The Balaban J connectivity index is 2.14. The molecule has 0 saturated carbocycles. The van der Waals surface area contributed by atoms with E-state index in [1.807, 2.05) is 6.07 Å². The average Bonchev–Trinajstić information content (AvgIpc) is 2.81. The minimum absolute atomic E-state index is 0.0825. The first-order valence-electron chi connectivity index (χ1n) is 5.40. The molecule has 1 aromatic carbocycles. The molecule has 2 aromatic heterocycles. The summed E-state index contributed by atoms with van der Waals surface area (Å²) in [4.78, 5) is 19.2. The smallest absolute Gasteiger partial charge is 0.270 e. The minimum Gasteiger partial charge on any atom is -0.368 e. The molecule has 3 aromatic rings. The third-order valence-corrected chi connectivity index (χ3v) is 3.78. The van der Waals surface area contributed by atoms with Crippen LogP contribution in [-0.4, -0.2) is 14.9 Å². The molecule has 7 heteroatoms. The minimum atomic E-state index is -0.403. The van der Waals surface area contributed by atoms with Crippen LogP contribution in [0.4, 0.5) is 11.6 Å². The number of nitrogen functional groups attached to an aromatic ring is 1. The van der Waals surface area contributed by atoms with Gasteiger partial charge in [0.25, 0.3) is 5.69 Å². The lowest BCUT2D eigenvalue weighted by Crippen LogP contribution is -1.93. The second kappa shape index (κ2) is 4.29. The largest absolute Gasteiger partial charge is 0.368 e. The van der Waals surface area contributed by atoms with Crippen LogP contribution >= 0.6 is 11.3 Å². The van der Waals surface area contributed by atoms with E-state index >= 15 is 0 Å². The van der Waals surface area contributed by atoms with Gasteiger partial charge in [-0.2, -0.15) is 0 Å². The zero-order valence-corrected chi connectivity index (χ0v) is 10.4. The molecule has 0 spiro atoms. The van der Waals surface area contributed by atoms with E-state index in [0.29, 0.717) is 0 Å². The van der Waals surface area contributed by atoms with Crippen LogP contribution in [0.3, 0.4) is 0 Å². The summed E-state index contributed by atoms with van der Waals surface area (Å²) in [5.74, 6) is 0.209. The van der Waals surface area contributed by atoms with Crippen molar-refractivity contribution >= 4 is 33.1 Å². The highest BCUT2D eigenvalue weighted by molar-refractivity contribution is 7.22. The van der Waals surface area contributed by atoms with Gasteiger partial charge in [-0.25, -0.2) is 9.97 Å². The molecule has 0 radical (unpaired) electrons. The van der Waals surface area contributed by atoms with Gasteiger partial charge in [-0.05, 0) is 23.6 Å². The van der Waals surface area contributed by atoms with Crippen molar-refractivity contribution in [3.8, 4) is 10.6 Å². The van der Waals surface area contributed by atoms with E-state index in [1.54, 1.807) is 24.4 Å². The molecule has 19 heavy (non-hydrogen) atoms. The summed E-state index contributed by atoms with van der Waals surface area (Å²) in [6.07, 6.45) is 1.59. The van der Waals surface area contributed by atoms with Crippen LogP contribution in [0.2, 0.25) is 0 Å². The van der Waals surface area contributed by atoms with E-state index in [0.717, 1.165) is 20.7 Å². The molecule has 0 unspecified atom stereocenters. The molecule has 3 rings (SSSR count). The normalized spacial score (nSPS) is 10.7. The molecule has 0 aliphatic rings. The predicted octanol–water partition coefficient (Wildman–Crippen LogP) is 2.85. The average molecular weight is 272 g/mol. The number of rotatable bonds is 2. The summed E-state index contributed by atoms with van der Waals surface area (Å²) in [6.45, 7) is 0. The number of anilines is 1. The Morgan fingerprint density at radius 2 is 2.11 bits per heavy atom. The lowest BCUT2D eigenvalue weighted by molar-refractivity contribution is -0.384. The maximum absolute atomic E-state index is 10.7. The number of nitrogens with two attached hydrogens (primary N) is 1. The highest BCUT2D eigenvalue weighted by atomic mass is 32.1. The molecule has 2 heterocycles. The third kappa shape index (κ3) is 2.11.